The number of rotatable bonds is 11. The summed E-state index contributed by atoms with van der Waals surface area (Å²) in [5.74, 6) is -2.31. The number of nitrogens with one attached hydrogen (secondary N) is 2. The number of hydrogen-bond acceptors (Lipinski definition) is 6. The normalized spacial score (nSPS) is 14.2. The summed E-state index contributed by atoms with van der Waals surface area (Å²) >= 11 is 0. The molecule has 9 heteroatoms. The number of aryl methyl sites for hydroxylation is 1. The third kappa shape index (κ3) is 11.1. The van der Waals surface area contributed by atoms with Crippen LogP contribution in [-0.4, -0.2) is 52.1 Å². The van der Waals surface area contributed by atoms with Crippen molar-refractivity contribution in [1.29, 1.82) is 0 Å². The number of alkyl carbamates (subject to hydrolysis) is 1. The lowest BCUT2D eigenvalue weighted by atomic mass is 9.95. The minimum Gasteiger partial charge on any atom is -0.458 e. The van der Waals surface area contributed by atoms with Crippen molar-refractivity contribution in [3.05, 3.63) is 71.3 Å². The fourth-order valence-corrected chi connectivity index (χ4v) is 4.46. The summed E-state index contributed by atoms with van der Waals surface area (Å²) in [6.45, 7) is 15.9. The van der Waals surface area contributed by atoms with E-state index in [1.54, 1.807) is 66.7 Å². The quantitative estimate of drug-likeness (QED) is 0.200. The molecule has 4 unspecified atom stereocenters. The fourth-order valence-electron chi connectivity index (χ4n) is 4.46. The van der Waals surface area contributed by atoms with E-state index in [1.807, 2.05) is 50.2 Å². The molecule has 0 aliphatic heterocycles. The van der Waals surface area contributed by atoms with Gasteiger partial charge in [-0.05, 0) is 65.5 Å². The predicted molar refractivity (Wildman–Crippen MR) is 170 cm³/mol. The highest BCUT2D eigenvalue weighted by atomic mass is 16.6. The average Bonchev–Trinajstić information content (AvgIpc) is 2.92. The van der Waals surface area contributed by atoms with Crippen molar-refractivity contribution in [3.8, 4) is 12.5 Å². The summed E-state index contributed by atoms with van der Waals surface area (Å²) < 4.78 is 11.1. The molecule has 3 amide bonds. The molecule has 0 saturated carbocycles. The minimum atomic E-state index is -1.32. The summed E-state index contributed by atoms with van der Waals surface area (Å²) in [5.41, 5.74) is 0.488. The second-order valence-electron chi connectivity index (χ2n) is 12.9. The van der Waals surface area contributed by atoms with Crippen LogP contribution in [-0.2, 0) is 30.3 Å². The zero-order chi connectivity index (χ0) is 33.2. The lowest BCUT2D eigenvalue weighted by Crippen LogP contribution is -2.55. The molecule has 2 N–H and O–H groups in total. The maximum Gasteiger partial charge on any atom is 0.408 e. The predicted octanol–water partition coefficient (Wildman–Crippen LogP) is 5.46. The van der Waals surface area contributed by atoms with Gasteiger partial charge < -0.3 is 20.1 Å². The second kappa shape index (κ2) is 15.4. The van der Waals surface area contributed by atoms with E-state index >= 15 is 0 Å². The molecule has 2 aromatic carbocycles. The fraction of sp³-hybridized carbons (Fsp3) is 0.486. The van der Waals surface area contributed by atoms with Crippen molar-refractivity contribution >= 4 is 23.9 Å². The number of hydrogen-bond donors (Lipinski definition) is 2. The molecule has 0 aliphatic rings. The van der Waals surface area contributed by atoms with E-state index < -0.39 is 53.2 Å². The lowest BCUT2D eigenvalue weighted by molar-refractivity contribution is -0.159. The SMILES string of the molecule is C#CN(C(=O)C(NC(=O)OC(C)(C)C)C(C)CC)C(C(=O)NC(Cc1ccccc1)C(=O)OC(C)(C)C)c1cccc(C)c1. The van der Waals surface area contributed by atoms with Gasteiger partial charge in [-0.2, -0.15) is 0 Å². The minimum absolute atomic E-state index is 0.154. The van der Waals surface area contributed by atoms with Crippen molar-refractivity contribution in [2.45, 2.75) is 104 Å². The number of carbonyl (C=O) groups is 4. The molecule has 0 heterocycles. The van der Waals surface area contributed by atoms with Crippen LogP contribution in [0.3, 0.4) is 0 Å². The van der Waals surface area contributed by atoms with Crippen LogP contribution < -0.4 is 10.6 Å². The molecule has 9 nitrogen and oxygen atoms in total. The summed E-state index contributed by atoms with van der Waals surface area (Å²) in [6, 6.07) is 15.2. The molecule has 44 heavy (non-hydrogen) atoms. The Morgan fingerprint density at radius 1 is 0.909 bits per heavy atom. The highest BCUT2D eigenvalue weighted by molar-refractivity contribution is 5.95. The molecule has 0 aromatic heterocycles. The molecule has 0 bridgehead atoms. The molecular weight excluding hydrogens is 558 g/mol. The van der Waals surface area contributed by atoms with Crippen LogP contribution in [0.5, 0.6) is 0 Å². The van der Waals surface area contributed by atoms with Gasteiger partial charge in [-0.15, -0.1) is 0 Å². The summed E-state index contributed by atoms with van der Waals surface area (Å²) in [4.78, 5) is 55.4. The van der Waals surface area contributed by atoms with E-state index in [9.17, 15) is 19.2 Å². The van der Waals surface area contributed by atoms with Crippen molar-refractivity contribution in [2.75, 3.05) is 0 Å². The van der Waals surface area contributed by atoms with E-state index in [-0.39, 0.29) is 12.3 Å². The Morgan fingerprint density at radius 3 is 2.05 bits per heavy atom. The highest BCUT2D eigenvalue weighted by Gasteiger charge is 2.39. The number of amides is 3. The van der Waals surface area contributed by atoms with Gasteiger partial charge in [0.1, 0.15) is 29.3 Å². The second-order valence-corrected chi connectivity index (χ2v) is 12.9. The van der Waals surface area contributed by atoms with E-state index in [1.165, 1.54) is 0 Å². The monoisotopic (exact) mass is 605 g/mol. The van der Waals surface area contributed by atoms with Crippen LogP contribution in [0.25, 0.3) is 0 Å². The Hall–Kier alpha value is -4.32. The van der Waals surface area contributed by atoms with Gasteiger partial charge in [-0.25, -0.2) is 9.59 Å². The third-order valence-corrected chi connectivity index (χ3v) is 6.68. The van der Waals surface area contributed by atoms with Crippen LogP contribution in [0, 0.1) is 25.3 Å². The van der Waals surface area contributed by atoms with E-state index in [0.717, 1.165) is 16.0 Å². The van der Waals surface area contributed by atoms with Crippen molar-refractivity contribution < 1.29 is 28.7 Å². The van der Waals surface area contributed by atoms with Crippen molar-refractivity contribution in [1.82, 2.24) is 15.5 Å². The molecule has 0 saturated heterocycles. The van der Waals surface area contributed by atoms with Gasteiger partial charge in [0.15, 0.2) is 0 Å². The third-order valence-electron chi connectivity index (χ3n) is 6.68. The zero-order valence-corrected chi connectivity index (χ0v) is 27.4. The first-order valence-corrected chi connectivity index (χ1v) is 14.9. The number of ether oxygens (including phenoxy) is 2. The largest absolute Gasteiger partial charge is 0.458 e. The van der Waals surface area contributed by atoms with Gasteiger partial charge in [0.25, 0.3) is 5.91 Å². The Bertz CT molecular complexity index is 1340. The summed E-state index contributed by atoms with van der Waals surface area (Å²) in [5, 5.41) is 5.47. The van der Waals surface area contributed by atoms with Crippen LogP contribution in [0.1, 0.15) is 84.5 Å². The van der Waals surface area contributed by atoms with Gasteiger partial charge >= 0.3 is 12.1 Å². The average molecular weight is 606 g/mol. The van der Waals surface area contributed by atoms with Gasteiger partial charge in [-0.1, -0.05) is 86.9 Å². The number of benzene rings is 2. The van der Waals surface area contributed by atoms with Crippen LogP contribution in [0.15, 0.2) is 54.6 Å². The molecular formula is C35H47N3O6. The molecule has 238 valence electrons. The summed E-state index contributed by atoms with van der Waals surface area (Å²) in [7, 11) is 0. The summed E-state index contributed by atoms with van der Waals surface area (Å²) in [6.07, 6.45) is 5.84. The Morgan fingerprint density at radius 2 is 1.52 bits per heavy atom. The molecule has 0 spiro atoms. The highest BCUT2D eigenvalue weighted by Crippen LogP contribution is 2.25. The van der Waals surface area contributed by atoms with Gasteiger partial charge in [-0.3, -0.25) is 14.5 Å². The van der Waals surface area contributed by atoms with Crippen molar-refractivity contribution in [3.63, 3.8) is 0 Å². The maximum absolute atomic E-state index is 14.2. The number of terminal acetylenes is 1. The smallest absolute Gasteiger partial charge is 0.408 e. The number of nitrogens with zero attached hydrogens (tertiary/aromatic N) is 1. The zero-order valence-electron chi connectivity index (χ0n) is 27.4. The Labute approximate surface area is 262 Å². The first-order chi connectivity index (χ1) is 20.5. The van der Waals surface area contributed by atoms with E-state index in [2.05, 4.69) is 16.7 Å². The van der Waals surface area contributed by atoms with Crippen LogP contribution in [0.4, 0.5) is 4.79 Å². The van der Waals surface area contributed by atoms with Crippen LogP contribution >= 0.6 is 0 Å². The van der Waals surface area contributed by atoms with Gasteiger partial charge in [0.05, 0.1) is 0 Å². The van der Waals surface area contributed by atoms with Gasteiger partial charge in [0.2, 0.25) is 5.91 Å². The molecule has 0 radical (unpaired) electrons. The number of esters is 1. The number of carbonyl (C=O) groups excluding carboxylic acids is 4. The molecule has 2 aromatic rings. The Balaban J connectivity index is 2.55. The lowest BCUT2D eigenvalue weighted by Gasteiger charge is -2.33. The Kier molecular flexibility index (Phi) is 12.6. The molecule has 0 aliphatic carbocycles. The maximum atomic E-state index is 14.2. The van der Waals surface area contributed by atoms with E-state index in [4.69, 9.17) is 15.9 Å². The van der Waals surface area contributed by atoms with Crippen molar-refractivity contribution in [2.24, 2.45) is 5.92 Å². The standard InChI is InChI=1S/C35H47N3O6/c1-11-24(4)28(37-33(42)44-35(8,9)10)31(40)38(12-2)29(26-20-16-17-23(3)21-26)30(39)36-27(32(41)43-34(5,6)7)22-25-18-14-13-15-19-25/h2,13-21,24,27-29H,11,22H2,1,3-10H3,(H,36,39)(H,37,42). The van der Waals surface area contributed by atoms with Gasteiger partial charge in [0, 0.05) is 12.5 Å². The molecule has 4 atom stereocenters. The first-order valence-electron chi connectivity index (χ1n) is 14.9. The molecule has 2 rings (SSSR count). The molecule has 0 fully saturated rings. The topological polar surface area (TPSA) is 114 Å². The van der Waals surface area contributed by atoms with E-state index in [0.29, 0.717) is 12.0 Å². The van der Waals surface area contributed by atoms with Crippen LogP contribution in [0.2, 0.25) is 0 Å². The first kappa shape index (κ1) is 35.9.